The Balaban J connectivity index is 1.86. The lowest BCUT2D eigenvalue weighted by Crippen LogP contribution is -2.52. The molecule has 0 aliphatic rings. The zero-order chi connectivity index (χ0) is 27.9. The number of rotatable bonds is 11. The Kier molecular flexibility index (Phi) is 9.77. The van der Waals surface area contributed by atoms with Crippen molar-refractivity contribution in [2.75, 3.05) is 17.1 Å². The van der Waals surface area contributed by atoms with Crippen LogP contribution in [-0.4, -0.2) is 50.0 Å². The summed E-state index contributed by atoms with van der Waals surface area (Å²) in [7, 11) is -3.84. The zero-order valence-electron chi connectivity index (χ0n) is 21.8. The molecule has 0 aliphatic carbocycles. The summed E-state index contributed by atoms with van der Waals surface area (Å²) in [6, 6.07) is 21.6. The first kappa shape index (κ1) is 29.0. The van der Waals surface area contributed by atoms with Gasteiger partial charge in [-0.1, -0.05) is 41.9 Å². The summed E-state index contributed by atoms with van der Waals surface area (Å²) in [6.45, 7) is 4.85. The van der Waals surface area contributed by atoms with Crippen LogP contribution in [0.1, 0.15) is 26.3 Å². The van der Waals surface area contributed by atoms with E-state index in [2.05, 4.69) is 5.32 Å². The Labute approximate surface area is 229 Å². The molecule has 0 saturated heterocycles. The van der Waals surface area contributed by atoms with E-state index in [1.54, 1.807) is 67.6 Å². The van der Waals surface area contributed by atoms with Gasteiger partial charge in [-0.2, -0.15) is 0 Å². The lowest BCUT2D eigenvalue weighted by Gasteiger charge is -2.32. The van der Waals surface area contributed by atoms with Crippen LogP contribution in [0.25, 0.3) is 0 Å². The van der Waals surface area contributed by atoms with Crippen LogP contribution >= 0.6 is 11.6 Å². The maximum atomic E-state index is 13.6. The van der Waals surface area contributed by atoms with Crippen molar-refractivity contribution in [1.82, 2.24) is 10.2 Å². The van der Waals surface area contributed by atoms with Gasteiger partial charge in [-0.05, 0) is 74.9 Å². The molecule has 3 aromatic carbocycles. The molecule has 0 fully saturated rings. The number of carbonyl (C=O) groups excluding carboxylic acids is 2. The highest BCUT2D eigenvalue weighted by atomic mass is 35.5. The highest BCUT2D eigenvalue weighted by molar-refractivity contribution is 7.92. The first-order valence-corrected chi connectivity index (χ1v) is 14.3. The van der Waals surface area contributed by atoms with Crippen LogP contribution in [0.2, 0.25) is 5.02 Å². The molecule has 3 aromatic rings. The van der Waals surface area contributed by atoms with Crippen molar-refractivity contribution in [2.24, 2.45) is 0 Å². The predicted molar refractivity (Wildman–Crippen MR) is 150 cm³/mol. The van der Waals surface area contributed by atoms with Crippen molar-refractivity contribution < 1.29 is 22.7 Å². The van der Waals surface area contributed by atoms with Crippen molar-refractivity contribution in [2.45, 2.75) is 39.4 Å². The number of anilines is 1. The van der Waals surface area contributed by atoms with Crippen molar-refractivity contribution >= 4 is 39.1 Å². The van der Waals surface area contributed by atoms with Gasteiger partial charge in [0.15, 0.2) is 0 Å². The van der Waals surface area contributed by atoms with Crippen molar-refractivity contribution in [3.05, 3.63) is 89.4 Å². The second-order valence-corrected chi connectivity index (χ2v) is 11.5. The molecule has 0 radical (unpaired) electrons. The molecule has 0 aromatic heterocycles. The molecular weight excluding hydrogens is 526 g/mol. The van der Waals surface area contributed by atoms with Gasteiger partial charge in [0.2, 0.25) is 21.8 Å². The molecule has 38 heavy (non-hydrogen) atoms. The second-order valence-electron chi connectivity index (χ2n) is 9.17. The van der Waals surface area contributed by atoms with Gasteiger partial charge in [0.1, 0.15) is 24.1 Å². The topological polar surface area (TPSA) is 96.0 Å². The molecule has 0 heterocycles. The molecule has 0 bridgehead atoms. The Hall–Kier alpha value is -3.56. The average molecular weight is 558 g/mol. The van der Waals surface area contributed by atoms with Gasteiger partial charge in [0, 0.05) is 17.6 Å². The SMILES string of the molecule is CC(C)NC(=O)C(C)N(Cc1cccc(Cl)c1)C(=O)CN(c1ccc(Oc2ccccc2)cc1)S(C)(=O)=O. The smallest absolute Gasteiger partial charge is 0.244 e. The summed E-state index contributed by atoms with van der Waals surface area (Å²) in [5.41, 5.74) is 1.01. The van der Waals surface area contributed by atoms with E-state index in [0.717, 1.165) is 10.6 Å². The summed E-state index contributed by atoms with van der Waals surface area (Å²) in [5, 5.41) is 3.30. The van der Waals surface area contributed by atoms with Crippen LogP contribution in [0.15, 0.2) is 78.9 Å². The molecule has 202 valence electrons. The zero-order valence-corrected chi connectivity index (χ0v) is 23.4. The number of nitrogens with one attached hydrogen (secondary N) is 1. The van der Waals surface area contributed by atoms with E-state index in [-0.39, 0.29) is 18.5 Å². The highest BCUT2D eigenvalue weighted by Crippen LogP contribution is 2.26. The van der Waals surface area contributed by atoms with Gasteiger partial charge in [-0.3, -0.25) is 13.9 Å². The number of carbonyl (C=O) groups is 2. The molecule has 1 atom stereocenters. The monoisotopic (exact) mass is 557 g/mol. The first-order chi connectivity index (χ1) is 17.9. The first-order valence-electron chi connectivity index (χ1n) is 12.1. The summed E-state index contributed by atoms with van der Waals surface area (Å²) in [4.78, 5) is 27.8. The van der Waals surface area contributed by atoms with E-state index in [1.807, 2.05) is 32.0 Å². The van der Waals surface area contributed by atoms with E-state index < -0.39 is 28.5 Å². The third-order valence-corrected chi connectivity index (χ3v) is 7.00. The standard InChI is InChI=1S/C28H32ClN3O5S/c1-20(2)30-28(34)21(3)31(18-22-9-8-10-23(29)17-22)27(33)19-32(38(4,35)36)24-13-15-26(16-14-24)37-25-11-6-5-7-12-25/h5-17,20-21H,18-19H2,1-4H3,(H,30,34). The number of nitrogens with zero attached hydrogens (tertiary/aromatic N) is 2. The normalized spacial score (nSPS) is 12.1. The van der Waals surface area contributed by atoms with E-state index in [1.165, 1.54) is 4.90 Å². The number of hydrogen-bond donors (Lipinski definition) is 1. The second kappa shape index (κ2) is 12.8. The Morgan fingerprint density at radius 3 is 2.13 bits per heavy atom. The van der Waals surface area contributed by atoms with Gasteiger partial charge in [-0.25, -0.2) is 8.42 Å². The molecular formula is C28H32ClN3O5S. The minimum absolute atomic E-state index is 0.0769. The van der Waals surface area contributed by atoms with E-state index in [0.29, 0.717) is 27.8 Å². The number of para-hydroxylation sites is 1. The van der Waals surface area contributed by atoms with Gasteiger partial charge in [-0.15, -0.1) is 0 Å². The van der Waals surface area contributed by atoms with Gasteiger partial charge < -0.3 is 15.0 Å². The van der Waals surface area contributed by atoms with Crippen LogP contribution in [-0.2, 0) is 26.2 Å². The Bertz CT molecular complexity index is 1350. The summed E-state index contributed by atoms with van der Waals surface area (Å²) in [5.74, 6) is 0.275. The third kappa shape index (κ3) is 8.22. The molecule has 10 heteroatoms. The van der Waals surface area contributed by atoms with Gasteiger partial charge >= 0.3 is 0 Å². The third-order valence-electron chi connectivity index (χ3n) is 5.62. The minimum atomic E-state index is -3.84. The molecule has 2 amide bonds. The lowest BCUT2D eigenvalue weighted by atomic mass is 10.1. The van der Waals surface area contributed by atoms with Crippen molar-refractivity contribution in [3.8, 4) is 11.5 Å². The van der Waals surface area contributed by atoms with Gasteiger partial charge in [0.05, 0.1) is 11.9 Å². The highest BCUT2D eigenvalue weighted by Gasteiger charge is 2.30. The van der Waals surface area contributed by atoms with Crippen LogP contribution in [0.4, 0.5) is 5.69 Å². The summed E-state index contributed by atoms with van der Waals surface area (Å²) >= 11 is 6.13. The molecule has 0 saturated carbocycles. The van der Waals surface area contributed by atoms with Crippen LogP contribution in [0.3, 0.4) is 0 Å². The minimum Gasteiger partial charge on any atom is -0.457 e. The molecule has 8 nitrogen and oxygen atoms in total. The number of ether oxygens (including phenoxy) is 1. The number of sulfonamides is 1. The molecule has 0 aliphatic heterocycles. The molecule has 1 N–H and O–H groups in total. The van der Waals surface area contributed by atoms with Crippen LogP contribution < -0.4 is 14.4 Å². The summed E-state index contributed by atoms with van der Waals surface area (Å²) in [6.07, 6.45) is 1.03. The van der Waals surface area contributed by atoms with Crippen LogP contribution in [0.5, 0.6) is 11.5 Å². The molecule has 0 spiro atoms. The van der Waals surface area contributed by atoms with E-state index in [4.69, 9.17) is 16.3 Å². The fourth-order valence-corrected chi connectivity index (χ4v) is 4.80. The maximum Gasteiger partial charge on any atom is 0.244 e. The average Bonchev–Trinajstić information content (AvgIpc) is 2.85. The number of amides is 2. The van der Waals surface area contributed by atoms with Gasteiger partial charge in [0.25, 0.3) is 0 Å². The summed E-state index contributed by atoms with van der Waals surface area (Å²) < 4.78 is 32.3. The predicted octanol–water partition coefficient (Wildman–Crippen LogP) is 4.84. The van der Waals surface area contributed by atoms with E-state index in [9.17, 15) is 18.0 Å². The fraction of sp³-hybridized carbons (Fsp3) is 0.286. The largest absolute Gasteiger partial charge is 0.457 e. The number of benzene rings is 3. The Morgan fingerprint density at radius 2 is 1.55 bits per heavy atom. The molecule has 3 rings (SSSR count). The van der Waals surface area contributed by atoms with E-state index >= 15 is 0 Å². The quantitative estimate of drug-likeness (QED) is 0.364. The van der Waals surface area contributed by atoms with Crippen LogP contribution in [0, 0.1) is 0 Å². The molecule has 1 unspecified atom stereocenters. The van der Waals surface area contributed by atoms with Crippen molar-refractivity contribution in [1.29, 1.82) is 0 Å². The fourth-order valence-electron chi connectivity index (χ4n) is 3.74. The Morgan fingerprint density at radius 1 is 0.921 bits per heavy atom. The van der Waals surface area contributed by atoms with Crippen molar-refractivity contribution in [3.63, 3.8) is 0 Å². The lowest BCUT2D eigenvalue weighted by molar-refractivity contribution is -0.139. The number of hydrogen-bond acceptors (Lipinski definition) is 5. The maximum absolute atomic E-state index is 13.6. The number of halogens is 1.